The predicted octanol–water partition coefficient (Wildman–Crippen LogP) is 7.59. The van der Waals surface area contributed by atoms with Crippen molar-refractivity contribution >= 4 is 71.4 Å². The van der Waals surface area contributed by atoms with Crippen molar-refractivity contribution in [1.29, 1.82) is 0 Å². The van der Waals surface area contributed by atoms with Crippen LogP contribution in [0, 0.1) is 23.7 Å². The first-order chi connectivity index (χ1) is 48.5. The van der Waals surface area contributed by atoms with Crippen molar-refractivity contribution < 1.29 is 97.6 Å². The topological polar surface area (TPSA) is 406 Å². The third kappa shape index (κ3) is 23.2. The number of carboxylic acid groups (broad SMARTS) is 6. The van der Waals surface area contributed by atoms with Gasteiger partial charge in [0.2, 0.25) is 23.6 Å². The number of nitrogens with one attached hydrogen (secondary N) is 4. The minimum absolute atomic E-state index is 0.00767. The van der Waals surface area contributed by atoms with E-state index in [1.807, 2.05) is 27.7 Å². The Labute approximate surface area is 603 Å². The number of fused-ring (bicyclic) bond motifs is 4. The van der Waals surface area contributed by atoms with Gasteiger partial charge in [0.05, 0.1) is 37.4 Å². The van der Waals surface area contributed by atoms with Gasteiger partial charge in [-0.05, 0) is 168 Å². The van der Waals surface area contributed by atoms with E-state index in [-0.39, 0.29) is 83.4 Å². The molecule has 4 heterocycles. The lowest BCUT2D eigenvalue weighted by atomic mass is 9.84. The molecule has 4 saturated heterocycles. The molecule has 0 bridgehead atoms. The van der Waals surface area contributed by atoms with E-state index in [9.17, 15) is 88.2 Å². The van der Waals surface area contributed by atoms with Gasteiger partial charge in [0.25, 0.3) is 0 Å². The maximum Gasteiger partial charge on any atom is 0.326 e. The van der Waals surface area contributed by atoms with Gasteiger partial charge >= 0.3 is 47.8 Å². The molecule has 0 spiro atoms. The number of likely N-dealkylation sites (tertiary alicyclic amines) is 4. The van der Waals surface area contributed by atoms with Crippen molar-refractivity contribution in [1.82, 2.24) is 40.9 Å². The fraction of sp³-hybridized carbons (Fsp3) is 0.838. The third-order valence-corrected chi connectivity index (χ3v) is 22.4. The molecular formula is C74H124N8O20. The van der Waals surface area contributed by atoms with Crippen LogP contribution in [0.2, 0.25) is 0 Å². The van der Waals surface area contributed by atoms with Crippen LogP contribution in [-0.4, -0.2) is 232 Å². The van der Waals surface area contributed by atoms with E-state index in [2.05, 4.69) is 21.3 Å². The Balaban J connectivity index is 0.000000245. The highest BCUT2D eigenvalue weighted by atomic mass is 16.5. The first-order valence-electron chi connectivity index (χ1n) is 38.6. The maximum atomic E-state index is 13.2. The summed E-state index contributed by atoms with van der Waals surface area (Å²) in [4.78, 5) is 152. The van der Waals surface area contributed by atoms with Crippen LogP contribution in [0.15, 0.2) is 0 Å². The summed E-state index contributed by atoms with van der Waals surface area (Å²) in [5.41, 5.74) is 0. The highest BCUT2D eigenvalue weighted by Crippen LogP contribution is 2.44. The Morgan fingerprint density at radius 2 is 0.559 bits per heavy atom. The molecule has 8 fully saturated rings. The van der Waals surface area contributed by atoms with Crippen LogP contribution in [-0.2, 0) is 67.0 Å². The van der Waals surface area contributed by atoms with Crippen LogP contribution in [0.25, 0.3) is 0 Å². The highest BCUT2D eigenvalue weighted by Gasteiger charge is 2.53. The molecular weight excluding hydrogens is 1320 g/mol. The number of aliphatic carboxylic acids is 6. The minimum atomic E-state index is -0.983. The normalized spacial score (nSPS) is 27.9. The molecule has 4 aliphatic carbocycles. The quantitative estimate of drug-likeness (QED) is 0.0290. The van der Waals surface area contributed by atoms with Gasteiger partial charge in [-0.2, -0.15) is 0 Å². The molecule has 4 aliphatic heterocycles. The van der Waals surface area contributed by atoms with E-state index in [4.69, 9.17) is 9.47 Å². The number of carbonyl (C=O) groups excluding carboxylic acids is 6. The largest absolute Gasteiger partial charge is 0.480 e. The number of ether oxygens (including phenoxy) is 2. The Morgan fingerprint density at radius 3 is 0.794 bits per heavy atom. The molecule has 102 heavy (non-hydrogen) atoms. The van der Waals surface area contributed by atoms with Crippen LogP contribution < -0.4 is 21.3 Å². The first kappa shape index (κ1) is 86.1. The van der Waals surface area contributed by atoms with E-state index in [1.165, 1.54) is 9.80 Å². The lowest BCUT2D eigenvalue weighted by Crippen LogP contribution is -2.55. The standard InChI is InChI=1S/C20H34N2O5.C19H32N2O5.C18H30N2O5.C17H28N2O5/c1-4-6-10-15(20(26)27-5-2)21-13(3)18(23)22-16-11-8-7-9-14(16)12-17(22)19(24)25;1-4-8-14(19(25)26-5-2)20-12(3)17(22)21-15-10-7-6-9-13(15)11-16(21)18(23)24;1-3-4-8-13(17(22)23)19-11(2)16(21)20-14-9-6-5-7-12(14)10-15(20)18(24)25;1-3-6-12(16(21)22)18-10(2)15(20)19-13-8-5-4-7-11(13)9-14(19)17(23)24/h13-17,21H,4-12H2,1-3H3,(H,24,25);12-16,20H,4-11H2,1-3H3,(H,23,24);11-15,19H,3-10H2,1-2H3,(H,22,23)(H,24,25);10-14,18H,3-9H2,1-2H3,(H,21,22)(H,23,24)/t13-,14+,15-,16-,17-;12-,13+,14-,15-,16-;11-,12+,13-,14-,15-;10-,11+,12-,13-,14-/m0000/s1. The molecule has 28 heteroatoms. The number of carbonyl (C=O) groups is 12. The second-order valence-corrected chi connectivity index (χ2v) is 29.6. The molecule has 20 atom stereocenters. The summed E-state index contributed by atoms with van der Waals surface area (Å²) in [6, 6.07) is -8.46. The number of hydrogen-bond acceptors (Lipinski definition) is 18. The van der Waals surface area contributed by atoms with Crippen molar-refractivity contribution in [2.24, 2.45) is 23.7 Å². The number of rotatable bonds is 32. The molecule has 4 amide bonds. The number of hydrogen-bond donors (Lipinski definition) is 10. The van der Waals surface area contributed by atoms with Gasteiger partial charge < -0.3 is 59.7 Å². The second-order valence-electron chi connectivity index (χ2n) is 29.6. The van der Waals surface area contributed by atoms with Crippen molar-refractivity contribution in [3.05, 3.63) is 0 Å². The molecule has 8 rings (SSSR count). The zero-order chi connectivity index (χ0) is 75.7. The monoisotopic (exact) mass is 1440 g/mol. The van der Waals surface area contributed by atoms with Gasteiger partial charge in [-0.1, -0.05) is 118 Å². The molecule has 10 N–H and O–H groups in total. The van der Waals surface area contributed by atoms with Gasteiger partial charge in [-0.25, -0.2) is 19.2 Å². The summed E-state index contributed by atoms with van der Waals surface area (Å²) >= 11 is 0. The summed E-state index contributed by atoms with van der Waals surface area (Å²) in [6.45, 7) is 18.7. The molecule has 0 radical (unpaired) electrons. The van der Waals surface area contributed by atoms with E-state index in [0.29, 0.717) is 71.0 Å². The first-order valence-corrected chi connectivity index (χ1v) is 38.6. The summed E-state index contributed by atoms with van der Waals surface area (Å²) < 4.78 is 10.2. The van der Waals surface area contributed by atoms with Crippen LogP contribution in [0.5, 0.6) is 0 Å². The average molecular weight is 1450 g/mol. The lowest BCUT2D eigenvalue weighted by molar-refractivity contribution is -0.152. The molecule has 0 unspecified atom stereocenters. The van der Waals surface area contributed by atoms with Crippen molar-refractivity contribution in [2.75, 3.05) is 13.2 Å². The van der Waals surface area contributed by atoms with Gasteiger partial charge in [0, 0.05) is 24.2 Å². The highest BCUT2D eigenvalue weighted by molar-refractivity contribution is 5.91. The number of unbranched alkanes of at least 4 members (excludes halogenated alkanes) is 2. The van der Waals surface area contributed by atoms with E-state index < -0.39 is 108 Å². The lowest BCUT2D eigenvalue weighted by Gasteiger charge is -2.35. The van der Waals surface area contributed by atoms with E-state index in [0.717, 1.165) is 135 Å². The Kier molecular flexibility index (Phi) is 35.8. The number of amides is 4. The summed E-state index contributed by atoms with van der Waals surface area (Å²) in [6.07, 6.45) is 24.8. The molecule has 0 aromatic rings. The predicted molar refractivity (Wildman–Crippen MR) is 377 cm³/mol. The molecule has 0 aromatic carbocycles. The zero-order valence-electron chi connectivity index (χ0n) is 62.4. The maximum absolute atomic E-state index is 13.2. The van der Waals surface area contributed by atoms with Gasteiger partial charge in [-0.15, -0.1) is 0 Å². The Hall–Kier alpha value is -6.52. The number of carboxylic acids is 6. The van der Waals surface area contributed by atoms with Gasteiger partial charge in [0.15, 0.2) is 0 Å². The minimum Gasteiger partial charge on any atom is -0.480 e. The fourth-order valence-corrected chi connectivity index (χ4v) is 17.4. The average Bonchev–Trinajstić information content (AvgIpc) is 1.66. The number of nitrogens with zero attached hydrogens (tertiary/aromatic N) is 4. The third-order valence-electron chi connectivity index (χ3n) is 22.4. The van der Waals surface area contributed by atoms with Crippen molar-refractivity contribution in [3.8, 4) is 0 Å². The van der Waals surface area contributed by atoms with Crippen LogP contribution >= 0.6 is 0 Å². The summed E-state index contributed by atoms with van der Waals surface area (Å²) in [7, 11) is 0. The SMILES string of the molecule is CCCC[C@H](N[C@@H](C)C(=O)N1[C@H](C(=O)O)C[C@H]2CCCC[C@@H]21)C(=O)O.CCCC[C@H](N[C@@H](C)C(=O)N1[C@H](C(=O)O)C[C@H]2CCCC[C@@H]21)C(=O)OCC.CCC[C@H](N[C@@H](C)C(=O)N1[C@H](C(=O)O)C[C@H]2CCCC[C@@H]21)C(=O)O.CCC[C@H](N[C@@H](C)C(=O)N1[C@H](C(=O)O)C[C@H]2CCCC[C@@H]21)C(=O)OCC. The Bertz CT molecular complexity index is 2800. The van der Waals surface area contributed by atoms with Gasteiger partial charge in [0.1, 0.15) is 48.3 Å². The Morgan fingerprint density at radius 1 is 0.333 bits per heavy atom. The summed E-state index contributed by atoms with van der Waals surface area (Å²) in [5, 5.41) is 68.8. The molecule has 8 aliphatic rings. The van der Waals surface area contributed by atoms with Gasteiger partial charge in [-0.3, -0.25) is 59.6 Å². The molecule has 0 aromatic heterocycles. The number of esters is 2. The molecule has 4 saturated carbocycles. The molecule has 580 valence electrons. The zero-order valence-corrected chi connectivity index (χ0v) is 62.4. The van der Waals surface area contributed by atoms with Crippen LogP contribution in [0.1, 0.15) is 262 Å². The van der Waals surface area contributed by atoms with Crippen molar-refractivity contribution in [3.63, 3.8) is 0 Å². The van der Waals surface area contributed by atoms with E-state index in [1.54, 1.807) is 51.3 Å². The van der Waals surface area contributed by atoms with Crippen LogP contribution in [0.3, 0.4) is 0 Å². The van der Waals surface area contributed by atoms with E-state index >= 15 is 0 Å². The molecule has 28 nitrogen and oxygen atoms in total. The summed E-state index contributed by atoms with van der Waals surface area (Å²) in [5.74, 6) is -6.43. The van der Waals surface area contributed by atoms with Crippen LogP contribution in [0.4, 0.5) is 0 Å². The smallest absolute Gasteiger partial charge is 0.326 e. The second kappa shape index (κ2) is 42.4. The van der Waals surface area contributed by atoms with Crippen molar-refractivity contribution in [2.45, 2.75) is 359 Å². The fourth-order valence-electron chi connectivity index (χ4n) is 17.4.